The first kappa shape index (κ1) is 12.2. The highest BCUT2D eigenvalue weighted by atomic mass is 16.5. The highest BCUT2D eigenvalue weighted by Gasteiger charge is 2.00. The van der Waals surface area contributed by atoms with Gasteiger partial charge in [-0.25, -0.2) is 4.98 Å². The Morgan fingerprint density at radius 2 is 2.40 bits per heavy atom. The molecule has 0 aliphatic heterocycles. The van der Waals surface area contributed by atoms with Crippen molar-refractivity contribution in [2.24, 2.45) is 0 Å². The summed E-state index contributed by atoms with van der Waals surface area (Å²) in [5.41, 5.74) is 1.25. The van der Waals surface area contributed by atoms with Gasteiger partial charge in [-0.1, -0.05) is 6.92 Å². The van der Waals surface area contributed by atoms with Gasteiger partial charge >= 0.3 is 0 Å². The minimum Gasteiger partial charge on any atom is -0.385 e. The fourth-order valence-electron chi connectivity index (χ4n) is 1.47. The molecule has 0 saturated heterocycles. The first-order valence-corrected chi connectivity index (χ1v) is 5.57. The molecule has 0 amide bonds. The second kappa shape index (κ2) is 7.43. The van der Waals surface area contributed by atoms with Crippen LogP contribution in [0.1, 0.15) is 25.5 Å². The van der Waals surface area contributed by atoms with Gasteiger partial charge in [0, 0.05) is 33.0 Å². The van der Waals surface area contributed by atoms with Crippen LogP contribution in [0.15, 0.2) is 12.5 Å². The first-order chi connectivity index (χ1) is 7.38. The first-order valence-electron chi connectivity index (χ1n) is 5.57. The second-order valence-corrected chi connectivity index (χ2v) is 3.60. The lowest BCUT2D eigenvalue weighted by Gasteiger charge is -2.08. The molecule has 0 atom stereocenters. The molecule has 1 N–H and O–H groups in total. The summed E-state index contributed by atoms with van der Waals surface area (Å²) in [5.74, 6) is 0. The Morgan fingerprint density at radius 1 is 1.53 bits per heavy atom. The number of rotatable bonds is 8. The zero-order chi connectivity index (χ0) is 10.9. The highest BCUT2D eigenvalue weighted by Crippen LogP contribution is 2.00. The van der Waals surface area contributed by atoms with Crippen LogP contribution < -0.4 is 5.32 Å². The predicted octanol–water partition coefficient (Wildman–Crippen LogP) is 1.42. The van der Waals surface area contributed by atoms with E-state index in [0.717, 1.165) is 39.1 Å². The topological polar surface area (TPSA) is 39.1 Å². The van der Waals surface area contributed by atoms with Crippen LogP contribution in [0.5, 0.6) is 0 Å². The molecule has 4 nitrogen and oxygen atoms in total. The van der Waals surface area contributed by atoms with Crippen molar-refractivity contribution in [2.45, 2.75) is 32.9 Å². The van der Waals surface area contributed by atoms with Gasteiger partial charge in [0.05, 0.1) is 12.0 Å². The molecule has 15 heavy (non-hydrogen) atoms. The van der Waals surface area contributed by atoms with Gasteiger partial charge in [-0.3, -0.25) is 0 Å². The second-order valence-electron chi connectivity index (χ2n) is 3.60. The van der Waals surface area contributed by atoms with Crippen molar-refractivity contribution in [3.63, 3.8) is 0 Å². The molecular formula is C11H21N3O. The van der Waals surface area contributed by atoms with Crippen LogP contribution in [0, 0.1) is 0 Å². The molecule has 1 aromatic rings. The molecule has 0 radical (unpaired) electrons. The zero-order valence-electron chi connectivity index (χ0n) is 9.70. The fourth-order valence-corrected chi connectivity index (χ4v) is 1.47. The molecule has 0 fully saturated rings. The number of hydrogen-bond donors (Lipinski definition) is 1. The van der Waals surface area contributed by atoms with E-state index in [1.54, 1.807) is 7.11 Å². The number of hydrogen-bond acceptors (Lipinski definition) is 3. The quantitative estimate of drug-likeness (QED) is 0.661. The van der Waals surface area contributed by atoms with E-state index in [-0.39, 0.29) is 0 Å². The van der Waals surface area contributed by atoms with Crippen molar-refractivity contribution < 1.29 is 4.74 Å². The van der Waals surface area contributed by atoms with Crippen LogP contribution in [0.2, 0.25) is 0 Å². The van der Waals surface area contributed by atoms with Crippen LogP contribution in [-0.4, -0.2) is 29.8 Å². The van der Waals surface area contributed by atoms with Gasteiger partial charge in [-0.2, -0.15) is 0 Å². The Morgan fingerprint density at radius 3 is 3.13 bits per heavy atom. The van der Waals surface area contributed by atoms with E-state index in [9.17, 15) is 0 Å². The highest BCUT2D eigenvalue weighted by molar-refractivity contribution is 4.97. The number of methoxy groups -OCH3 is 1. The Labute approximate surface area is 91.7 Å². The maximum atomic E-state index is 5.03. The maximum Gasteiger partial charge on any atom is 0.0948 e. The van der Waals surface area contributed by atoms with Crippen LogP contribution in [-0.2, 0) is 17.8 Å². The van der Waals surface area contributed by atoms with Crippen molar-refractivity contribution in [1.82, 2.24) is 14.9 Å². The lowest BCUT2D eigenvalue weighted by atomic mass is 10.4. The van der Waals surface area contributed by atoms with Crippen molar-refractivity contribution in [1.29, 1.82) is 0 Å². The molecule has 4 heteroatoms. The monoisotopic (exact) mass is 211 g/mol. The molecule has 0 spiro atoms. The van der Waals surface area contributed by atoms with E-state index in [1.807, 2.05) is 12.5 Å². The van der Waals surface area contributed by atoms with Crippen molar-refractivity contribution in [3.8, 4) is 0 Å². The van der Waals surface area contributed by atoms with Crippen LogP contribution in [0.3, 0.4) is 0 Å². The standard InChI is InChI=1S/C11H21N3O/c1-3-5-12-8-11-9-13-10-14(11)6-4-7-15-2/h9-10,12H,3-8H2,1-2H3. The fraction of sp³-hybridized carbons (Fsp3) is 0.727. The largest absolute Gasteiger partial charge is 0.385 e. The van der Waals surface area contributed by atoms with Crippen LogP contribution >= 0.6 is 0 Å². The molecule has 0 unspecified atom stereocenters. The minimum absolute atomic E-state index is 0.806. The smallest absolute Gasteiger partial charge is 0.0948 e. The van der Waals surface area contributed by atoms with E-state index in [2.05, 4.69) is 21.8 Å². The summed E-state index contributed by atoms with van der Waals surface area (Å²) >= 11 is 0. The van der Waals surface area contributed by atoms with Crippen molar-refractivity contribution in [3.05, 3.63) is 18.2 Å². The predicted molar refractivity (Wildman–Crippen MR) is 60.7 cm³/mol. The molecule has 1 heterocycles. The SMILES string of the molecule is CCCNCc1cncn1CCCOC. The van der Waals surface area contributed by atoms with Crippen LogP contribution in [0.4, 0.5) is 0 Å². The third-order valence-corrected chi connectivity index (χ3v) is 2.28. The average Bonchev–Trinajstić information content (AvgIpc) is 2.67. The molecule has 86 valence electrons. The van der Waals surface area contributed by atoms with Gasteiger partial charge in [0.15, 0.2) is 0 Å². The van der Waals surface area contributed by atoms with Crippen molar-refractivity contribution >= 4 is 0 Å². The van der Waals surface area contributed by atoms with Gasteiger partial charge in [0.25, 0.3) is 0 Å². The van der Waals surface area contributed by atoms with E-state index in [1.165, 1.54) is 5.69 Å². The average molecular weight is 211 g/mol. The molecule has 1 aromatic heterocycles. The summed E-state index contributed by atoms with van der Waals surface area (Å²) < 4.78 is 7.21. The molecule has 0 saturated carbocycles. The summed E-state index contributed by atoms with van der Waals surface area (Å²) in [6, 6.07) is 0. The Balaban J connectivity index is 2.32. The Kier molecular flexibility index (Phi) is 6.04. The molecule has 0 aromatic carbocycles. The third-order valence-electron chi connectivity index (χ3n) is 2.28. The van der Waals surface area contributed by atoms with Gasteiger partial charge in [0.1, 0.15) is 0 Å². The third kappa shape index (κ3) is 4.44. The van der Waals surface area contributed by atoms with E-state index in [4.69, 9.17) is 4.74 Å². The minimum atomic E-state index is 0.806. The van der Waals surface area contributed by atoms with E-state index in [0.29, 0.717) is 0 Å². The van der Waals surface area contributed by atoms with E-state index >= 15 is 0 Å². The molecule has 0 aliphatic rings. The number of imidazole rings is 1. The maximum absolute atomic E-state index is 5.03. The van der Waals surface area contributed by atoms with Gasteiger partial charge in [-0.05, 0) is 19.4 Å². The lowest BCUT2D eigenvalue weighted by molar-refractivity contribution is 0.190. The summed E-state index contributed by atoms with van der Waals surface area (Å²) in [6.45, 7) is 5.92. The molecule has 1 rings (SSSR count). The summed E-state index contributed by atoms with van der Waals surface area (Å²) in [7, 11) is 1.73. The molecular weight excluding hydrogens is 190 g/mol. The number of nitrogens with zero attached hydrogens (tertiary/aromatic N) is 2. The zero-order valence-corrected chi connectivity index (χ0v) is 9.70. The number of ether oxygens (including phenoxy) is 1. The number of aromatic nitrogens is 2. The van der Waals surface area contributed by atoms with Gasteiger partial charge in [0.2, 0.25) is 0 Å². The molecule has 0 aliphatic carbocycles. The summed E-state index contributed by atoms with van der Waals surface area (Å²) in [4.78, 5) is 4.16. The lowest BCUT2D eigenvalue weighted by Crippen LogP contribution is -2.17. The van der Waals surface area contributed by atoms with Crippen LogP contribution in [0.25, 0.3) is 0 Å². The normalized spacial score (nSPS) is 10.8. The Hall–Kier alpha value is -0.870. The van der Waals surface area contributed by atoms with Gasteiger partial charge < -0.3 is 14.6 Å². The van der Waals surface area contributed by atoms with Gasteiger partial charge in [-0.15, -0.1) is 0 Å². The van der Waals surface area contributed by atoms with Crippen molar-refractivity contribution in [2.75, 3.05) is 20.3 Å². The number of nitrogens with one attached hydrogen (secondary N) is 1. The van der Waals surface area contributed by atoms with E-state index < -0.39 is 0 Å². The summed E-state index contributed by atoms with van der Waals surface area (Å²) in [5, 5.41) is 3.38. The molecule has 0 bridgehead atoms. The summed E-state index contributed by atoms with van der Waals surface area (Å²) in [6.07, 6.45) is 6.01. The number of aryl methyl sites for hydroxylation is 1. The Bertz CT molecular complexity index is 236.